The molecule has 0 radical (unpaired) electrons. The van der Waals surface area contributed by atoms with E-state index < -0.39 is 5.60 Å². The molecule has 0 aliphatic carbocycles. The number of benzene rings is 1. The number of anilines is 1. The van der Waals surface area contributed by atoms with E-state index in [4.69, 9.17) is 4.74 Å². The van der Waals surface area contributed by atoms with Crippen molar-refractivity contribution in [3.05, 3.63) is 24.3 Å². The lowest BCUT2D eigenvalue weighted by Crippen LogP contribution is -2.46. The van der Waals surface area contributed by atoms with Crippen molar-refractivity contribution in [1.82, 2.24) is 30.4 Å². The predicted molar refractivity (Wildman–Crippen MR) is 112 cm³/mol. The Morgan fingerprint density at radius 2 is 2.10 bits per heavy atom. The van der Waals surface area contributed by atoms with Crippen LogP contribution in [-0.2, 0) is 11.8 Å². The fourth-order valence-corrected chi connectivity index (χ4v) is 3.35. The molecule has 1 aliphatic rings. The minimum Gasteiger partial charge on any atom is -0.444 e. The Kier molecular flexibility index (Phi) is 6.53. The Balaban J connectivity index is 1.50. The standard InChI is InChI=1S/C20H29N7O3/c1-20(2,3)30-19(29)27-10-6-7-14(13-27)12-21-18(28)22-16-9-5-8-15(11-16)17-23-24-25-26(17)4/h5,8-9,11,14H,6-7,10,12-13H2,1-4H3,(H2,21,22,28). The minimum absolute atomic E-state index is 0.188. The number of hydrogen-bond donors (Lipinski definition) is 2. The second-order valence-electron chi connectivity index (χ2n) is 8.48. The number of nitrogens with zero attached hydrogens (tertiary/aromatic N) is 5. The summed E-state index contributed by atoms with van der Waals surface area (Å²) < 4.78 is 7.02. The first kappa shape index (κ1) is 21.5. The van der Waals surface area contributed by atoms with E-state index in [0.717, 1.165) is 18.4 Å². The lowest BCUT2D eigenvalue weighted by molar-refractivity contribution is 0.0168. The van der Waals surface area contributed by atoms with Crippen molar-refractivity contribution in [2.75, 3.05) is 25.0 Å². The fourth-order valence-electron chi connectivity index (χ4n) is 3.35. The van der Waals surface area contributed by atoms with Crippen LogP contribution in [0.5, 0.6) is 0 Å². The topological polar surface area (TPSA) is 114 Å². The molecule has 3 amide bonds. The van der Waals surface area contributed by atoms with Crippen LogP contribution < -0.4 is 10.6 Å². The zero-order chi connectivity index (χ0) is 21.7. The number of likely N-dealkylation sites (tertiary alicyclic amines) is 1. The number of tetrazole rings is 1. The highest BCUT2D eigenvalue weighted by molar-refractivity contribution is 5.89. The molecule has 0 saturated carbocycles. The van der Waals surface area contributed by atoms with Crippen LogP contribution in [0.2, 0.25) is 0 Å². The van der Waals surface area contributed by atoms with Gasteiger partial charge >= 0.3 is 12.1 Å². The van der Waals surface area contributed by atoms with Crippen molar-refractivity contribution in [1.29, 1.82) is 0 Å². The second kappa shape index (κ2) is 9.10. The van der Waals surface area contributed by atoms with Crippen molar-refractivity contribution < 1.29 is 14.3 Å². The third-order valence-electron chi connectivity index (χ3n) is 4.72. The van der Waals surface area contributed by atoms with Gasteiger partial charge in [0.25, 0.3) is 0 Å². The number of aromatic nitrogens is 4. The largest absolute Gasteiger partial charge is 0.444 e. The zero-order valence-electron chi connectivity index (χ0n) is 17.9. The molecule has 162 valence electrons. The van der Waals surface area contributed by atoms with Gasteiger partial charge < -0.3 is 20.3 Å². The molecule has 1 fully saturated rings. The molecule has 2 heterocycles. The van der Waals surface area contributed by atoms with Gasteiger partial charge in [0.2, 0.25) is 0 Å². The molecule has 0 bridgehead atoms. The molecular formula is C20H29N7O3. The summed E-state index contributed by atoms with van der Waals surface area (Å²) in [6.07, 6.45) is 1.54. The number of urea groups is 1. The average molecular weight is 415 g/mol. The third-order valence-corrected chi connectivity index (χ3v) is 4.72. The number of aryl methyl sites for hydroxylation is 1. The van der Waals surface area contributed by atoms with Gasteiger partial charge in [-0.15, -0.1) is 5.10 Å². The maximum Gasteiger partial charge on any atom is 0.410 e. The van der Waals surface area contributed by atoms with Gasteiger partial charge in [-0.2, -0.15) is 0 Å². The number of ether oxygens (including phenoxy) is 1. The molecule has 2 N–H and O–H groups in total. The zero-order valence-corrected chi connectivity index (χ0v) is 17.9. The first-order valence-electron chi connectivity index (χ1n) is 10.1. The minimum atomic E-state index is -0.516. The van der Waals surface area contributed by atoms with E-state index in [-0.39, 0.29) is 18.0 Å². The van der Waals surface area contributed by atoms with Gasteiger partial charge in [-0.05, 0) is 62.1 Å². The highest BCUT2D eigenvalue weighted by Crippen LogP contribution is 2.20. The van der Waals surface area contributed by atoms with Crippen molar-refractivity contribution in [2.45, 2.75) is 39.2 Å². The highest BCUT2D eigenvalue weighted by Gasteiger charge is 2.27. The smallest absolute Gasteiger partial charge is 0.410 e. The first-order chi connectivity index (χ1) is 14.2. The summed E-state index contributed by atoms with van der Waals surface area (Å²) in [5.74, 6) is 0.802. The number of hydrogen-bond acceptors (Lipinski definition) is 6. The normalized spacial score (nSPS) is 16.8. The maximum absolute atomic E-state index is 12.3. The first-order valence-corrected chi connectivity index (χ1v) is 10.1. The third kappa shape index (κ3) is 5.91. The molecule has 1 saturated heterocycles. The summed E-state index contributed by atoms with van der Waals surface area (Å²) in [5, 5.41) is 17.2. The van der Waals surface area contributed by atoms with Crippen LogP contribution in [0.25, 0.3) is 11.4 Å². The van der Waals surface area contributed by atoms with Crippen molar-refractivity contribution in [3.63, 3.8) is 0 Å². The number of nitrogens with one attached hydrogen (secondary N) is 2. The molecule has 2 aromatic rings. The van der Waals surface area contributed by atoms with Crippen LogP contribution in [0.3, 0.4) is 0 Å². The van der Waals surface area contributed by atoms with Crippen LogP contribution in [0.1, 0.15) is 33.6 Å². The number of piperidine rings is 1. The summed E-state index contributed by atoms with van der Waals surface area (Å²) in [4.78, 5) is 26.3. The van der Waals surface area contributed by atoms with Crippen LogP contribution in [-0.4, -0.2) is 62.5 Å². The van der Waals surface area contributed by atoms with E-state index in [1.165, 1.54) is 0 Å². The summed E-state index contributed by atoms with van der Waals surface area (Å²) in [7, 11) is 1.76. The highest BCUT2D eigenvalue weighted by atomic mass is 16.6. The quantitative estimate of drug-likeness (QED) is 0.793. The molecule has 10 nitrogen and oxygen atoms in total. The predicted octanol–water partition coefficient (Wildman–Crippen LogP) is 2.65. The molecule has 1 aliphatic heterocycles. The molecule has 0 spiro atoms. The summed E-state index contributed by atoms with van der Waals surface area (Å²) in [5.41, 5.74) is 0.935. The monoisotopic (exact) mass is 415 g/mol. The van der Waals surface area contributed by atoms with Crippen molar-refractivity contribution in [2.24, 2.45) is 13.0 Å². The number of amides is 3. The Hall–Kier alpha value is -3.17. The molecule has 1 atom stereocenters. The molecule has 1 aromatic heterocycles. The molecule has 1 aromatic carbocycles. The summed E-state index contributed by atoms with van der Waals surface area (Å²) in [6, 6.07) is 7.03. The summed E-state index contributed by atoms with van der Waals surface area (Å²) in [6.45, 7) is 7.31. The van der Waals surface area contributed by atoms with Crippen LogP contribution in [0.4, 0.5) is 15.3 Å². The lowest BCUT2D eigenvalue weighted by atomic mass is 9.98. The van der Waals surface area contributed by atoms with E-state index in [1.54, 1.807) is 22.7 Å². The maximum atomic E-state index is 12.3. The van der Waals surface area contributed by atoms with E-state index in [9.17, 15) is 9.59 Å². The van der Waals surface area contributed by atoms with Crippen molar-refractivity contribution in [3.8, 4) is 11.4 Å². The van der Waals surface area contributed by atoms with Gasteiger partial charge in [0.15, 0.2) is 5.82 Å². The Labute approximate surface area is 176 Å². The average Bonchev–Trinajstić information content (AvgIpc) is 3.11. The number of carbonyl (C=O) groups excluding carboxylic acids is 2. The van der Waals surface area contributed by atoms with Gasteiger partial charge in [0.05, 0.1) is 0 Å². The molecule has 30 heavy (non-hydrogen) atoms. The molecule has 10 heteroatoms. The van der Waals surface area contributed by atoms with E-state index in [0.29, 0.717) is 31.1 Å². The molecule has 1 unspecified atom stereocenters. The number of rotatable bonds is 4. The molecular weight excluding hydrogens is 386 g/mol. The second-order valence-corrected chi connectivity index (χ2v) is 8.48. The molecule has 3 rings (SSSR count). The van der Waals surface area contributed by atoms with E-state index in [2.05, 4.69) is 26.2 Å². The van der Waals surface area contributed by atoms with Crippen molar-refractivity contribution >= 4 is 17.8 Å². The van der Waals surface area contributed by atoms with Gasteiger partial charge in [-0.25, -0.2) is 14.3 Å². The van der Waals surface area contributed by atoms with Crippen LogP contribution in [0, 0.1) is 5.92 Å². The van der Waals surface area contributed by atoms with Gasteiger partial charge in [0, 0.05) is 37.9 Å². The number of carbonyl (C=O) groups is 2. The Bertz CT molecular complexity index is 891. The van der Waals surface area contributed by atoms with E-state index >= 15 is 0 Å². The SMILES string of the molecule is Cn1nnnc1-c1cccc(NC(=O)NCC2CCCN(C(=O)OC(C)(C)C)C2)c1. The fraction of sp³-hybridized carbons (Fsp3) is 0.550. The lowest BCUT2D eigenvalue weighted by Gasteiger charge is -2.34. The van der Waals surface area contributed by atoms with Gasteiger partial charge in [-0.3, -0.25) is 0 Å². The van der Waals surface area contributed by atoms with E-state index in [1.807, 2.05) is 39.0 Å². The van der Waals surface area contributed by atoms with Gasteiger partial charge in [0.1, 0.15) is 5.60 Å². The Morgan fingerprint density at radius 3 is 2.80 bits per heavy atom. The van der Waals surface area contributed by atoms with Gasteiger partial charge in [-0.1, -0.05) is 12.1 Å². The van der Waals surface area contributed by atoms with Crippen LogP contribution >= 0.6 is 0 Å². The Morgan fingerprint density at radius 1 is 1.30 bits per heavy atom. The van der Waals surface area contributed by atoms with Crippen LogP contribution in [0.15, 0.2) is 24.3 Å². The summed E-state index contributed by atoms with van der Waals surface area (Å²) >= 11 is 0.